The zero-order valence-electron chi connectivity index (χ0n) is 6.25. The maximum atomic E-state index is 11.0. The van der Waals surface area contributed by atoms with E-state index in [1.807, 2.05) is 10.4 Å². The van der Waals surface area contributed by atoms with Gasteiger partial charge < -0.3 is 4.55 Å². The van der Waals surface area contributed by atoms with E-state index in [2.05, 4.69) is 6.92 Å². The Morgan fingerprint density at radius 3 is 3.00 bits per heavy atom. The molecule has 1 rings (SSSR count). The van der Waals surface area contributed by atoms with E-state index in [-0.39, 0.29) is 0 Å². The van der Waals surface area contributed by atoms with Gasteiger partial charge >= 0.3 is 0 Å². The zero-order chi connectivity index (χ0) is 7.40. The van der Waals surface area contributed by atoms with E-state index in [9.17, 15) is 4.55 Å². The van der Waals surface area contributed by atoms with Crippen molar-refractivity contribution < 1.29 is 4.55 Å². The van der Waals surface area contributed by atoms with Gasteiger partial charge in [-0.15, -0.1) is 4.31 Å². The van der Waals surface area contributed by atoms with Gasteiger partial charge in [0.1, 0.15) is 5.41 Å². The molecule has 0 radical (unpaired) electrons. The second-order valence-corrected chi connectivity index (χ2v) is 3.73. The Morgan fingerprint density at radius 2 is 2.50 bits per heavy atom. The zero-order valence-corrected chi connectivity index (χ0v) is 7.06. The van der Waals surface area contributed by atoms with Crippen LogP contribution in [0, 0.1) is 0 Å². The molecule has 1 aliphatic rings. The molecule has 0 aromatic heterocycles. The van der Waals surface area contributed by atoms with Gasteiger partial charge in [-0.3, -0.25) is 0 Å². The van der Waals surface area contributed by atoms with Gasteiger partial charge in [0.15, 0.2) is 0 Å². The van der Waals surface area contributed by atoms with E-state index in [4.69, 9.17) is 0 Å². The van der Waals surface area contributed by atoms with Crippen molar-refractivity contribution in [3.8, 4) is 0 Å². The molecule has 0 aliphatic carbocycles. The molecule has 0 bridgehead atoms. The second kappa shape index (κ2) is 4.01. The predicted octanol–water partition coefficient (Wildman–Crippen LogP) is 1.28. The summed E-state index contributed by atoms with van der Waals surface area (Å²) >= 11 is -0.809. The molecule has 10 heavy (non-hydrogen) atoms. The highest BCUT2D eigenvalue weighted by Crippen LogP contribution is 2.11. The molecule has 1 aliphatic heterocycles. The van der Waals surface area contributed by atoms with Crippen LogP contribution in [0.4, 0.5) is 0 Å². The fourth-order valence-electron chi connectivity index (χ4n) is 0.918. The Hall–Kier alpha value is 0.01000. The molecule has 1 heterocycles. The summed E-state index contributed by atoms with van der Waals surface area (Å²) < 4.78 is 13.0. The van der Waals surface area contributed by atoms with Crippen molar-refractivity contribution in [2.24, 2.45) is 0 Å². The van der Waals surface area contributed by atoms with Crippen LogP contribution in [0.1, 0.15) is 19.8 Å². The Labute approximate surface area is 65.2 Å². The van der Waals surface area contributed by atoms with Gasteiger partial charge in [0, 0.05) is 6.54 Å². The van der Waals surface area contributed by atoms with Gasteiger partial charge in [0.2, 0.25) is 0 Å². The smallest absolute Gasteiger partial charge is 0.136 e. The molecule has 2 nitrogen and oxygen atoms in total. The van der Waals surface area contributed by atoms with Crippen molar-refractivity contribution >= 4 is 11.4 Å². The van der Waals surface area contributed by atoms with Crippen molar-refractivity contribution in [2.45, 2.75) is 19.8 Å². The molecule has 3 heteroatoms. The van der Waals surface area contributed by atoms with Gasteiger partial charge in [-0.1, -0.05) is 13.3 Å². The summed E-state index contributed by atoms with van der Waals surface area (Å²) in [6, 6.07) is 0. The Kier molecular flexibility index (Phi) is 3.25. The fourth-order valence-corrected chi connectivity index (χ4v) is 1.88. The van der Waals surface area contributed by atoms with E-state index in [1.165, 1.54) is 6.42 Å². The molecule has 0 spiro atoms. The van der Waals surface area contributed by atoms with Gasteiger partial charge in [-0.2, -0.15) is 0 Å². The molecule has 0 aromatic carbocycles. The average molecular weight is 159 g/mol. The SMILES string of the molecule is CCCCN1CC=C[S+]1[O-]. The first-order valence-corrected chi connectivity index (χ1v) is 4.84. The van der Waals surface area contributed by atoms with E-state index < -0.39 is 11.4 Å². The van der Waals surface area contributed by atoms with Crippen LogP contribution in [0.25, 0.3) is 0 Å². The summed E-state index contributed by atoms with van der Waals surface area (Å²) in [4.78, 5) is 0. The molecular weight excluding hydrogens is 146 g/mol. The molecule has 0 N–H and O–H groups in total. The third-order valence-corrected chi connectivity index (χ3v) is 2.80. The van der Waals surface area contributed by atoms with Crippen LogP contribution in [-0.4, -0.2) is 21.9 Å². The molecule has 0 amide bonds. The molecule has 58 valence electrons. The fraction of sp³-hybridized carbons (Fsp3) is 0.714. The third kappa shape index (κ3) is 2.01. The second-order valence-electron chi connectivity index (χ2n) is 2.39. The molecule has 1 atom stereocenters. The van der Waals surface area contributed by atoms with Gasteiger partial charge in [-0.05, 0) is 12.5 Å². The van der Waals surface area contributed by atoms with Crippen LogP contribution in [0.3, 0.4) is 0 Å². The maximum Gasteiger partial charge on any atom is 0.136 e. The number of hydrogen-bond donors (Lipinski definition) is 0. The number of hydrogen-bond acceptors (Lipinski definition) is 2. The Balaban J connectivity index is 2.17. The molecule has 1 unspecified atom stereocenters. The summed E-state index contributed by atoms with van der Waals surface area (Å²) in [5.74, 6) is 0. The summed E-state index contributed by atoms with van der Waals surface area (Å²) in [5.41, 5.74) is 0. The first-order chi connectivity index (χ1) is 4.84. The highest BCUT2D eigenvalue weighted by Gasteiger charge is 2.19. The number of rotatable bonds is 3. The minimum Gasteiger partial charge on any atom is -0.593 e. The van der Waals surface area contributed by atoms with Crippen LogP contribution in [0.15, 0.2) is 11.5 Å². The van der Waals surface area contributed by atoms with Crippen LogP contribution in [0.5, 0.6) is 0 Å². The largest absolute Gasteiger partial charge is 0.593 e. The lowest BCUT2D eigenvalue weighted by Crippen LogP contribution is -2.26. The Bertz CT molecular complexity index is 127. The quantitative estimate of drug-likeness (QED) is 0.580. The van der Waals surface area contributed by atoms with Gasteiger partial charge in [-0.25, -0.2) is 0 Å². The molecule has 0 aromatic rings. The monoisotopic (exact) mass is 159 g/mol. The van der Waals surface area contributed by atoms with Crippen LogP contribution >= 0.6 is 0 Å². The lowest BCUT2D eigenvalue weighted by Gasteiger charge is -2.14. The van der Waals surface area contributed by atoms with Gasteiger partial charge in [0.25, 0.3) is 0 Å². The summed E-state index contributed by atoms with van der Waals surface area (Å²) in [6.45, 7) is 3.98. The standard InChI is InChI=1S/C7H13NOS/c1-2-3-5-8-6-4-7-10(8)9/h4,7H,2-3,5-6H2,1H3. The topological polar surface area (TPSA) is 26.3 Å². The summed E-state index contributed by atoms with van der Waals surface area (Å²) in [5, 5.41) is 1.76. The van der Waals surface area contributed by atoms with Crippen LogP contribution in [-0.2, 0) is 11.4 Å². The Morgan fingerprint density at radius 1 is 1.70 bits per heavy atom. The van der Waals surface area contributed by atoms with Gasteiger partial charge in [0.05, 0.1) is 17.9 Å². The molecule has 0 fully saturated rings. The normalized spacial score (nSPS) is 26.0. The third-order valence-electron chi connectivity index (χ3n) is 1.54. The first kappa shape index (κ1) is 8.11. The molecule has 0 saturated heterocycles. The first-order valence-electron chi connectivity index (χ1n) is 3.67. The highest BCUT2D eigenvalue weighted by atomic mass is 32.2. The van der Waals surface area contributed by atoms with Crippen molar-refractivity contribution in [1.82, 2.24) is 4.31 Å². The van der Waals surface area contributed by atoms with E-state index in [0.29, 0.717) is 0 Å². The number of unbranched alkanes of at least 4 members (excludes halogenated alkanes) is 1. The van der Waals surface area contributed by atoms with E-state index in [0.717, 1.165) is 19.5 Å². The van der Waals surface area contributed by atoms with Crippen molar-refractivity contribution in [3.63, 3.8) is 0 Å². The summed E-state index contributed by atoms with van der Waals surface area (Å²) in [6.07, 6.45) is 4.28. The van der Waals surface area contributed by atoms with Crippen LogP contribution in [0.2, 0.25) is 0 Å². The lowest BCUT2D eigenvalue weighted by atomic mass is 10.3. The lowest BCUT2D eigenvalue weighted by molar-refractivity contribution is 0.447. The molecule has 0 saturated carbocycles. The summed E-state index contributed by atoms with van der Waals surface area (Å²) in [7, 11) is 0. The minimum absolute atomic E-state index is 0.809. The maximum absolute atomic E-state index is 11.0. The van der Waals surface area contributed by atoms with E-state index in [1.54, 1.807) is 5.41 Å². The minimum atomic E-state index is -0.809. The van der Waals surface area contributed by atoms with Crippen molar-refractivity contribution in [1.29, 1.82) is 0 Å². The number of nitrogens with zero attached hydrogens (tertiary/aromatic N) is 1. The van der Waals surface area contributed by atoms with E-state index >= 15 is 0 Å². The average Bonchev–Trinajstić information content (AvgIpc) is 2.31. The van der Waals surface area contributed by atoms with Crippen LogP contribution < -0.4 is 0 Å². The molecular formula is C7H13NOS. The van der Waals surface area contributed by atoms with Crippen molar-refractivity contribution in [2.75, 3.05) is 13.1 Å². The van der Waals surface area contributed by atoms with Crippen molar-refractivity contribution in [3.05, 3.63) is 11.5 Å². The predicted molar refractivity (Wildman–Crippen MR) is 43.8 cm³/mol. The highest BCUT2D eigenvalue weighted by molar-refractivity contribution is 7.92.